The molecular weight excluding hydrogens is 479 g/mol. The number of amides is 1. The van der Waals surface area contributed by atoms with Crippen LogP contribution in [0.3, 0.4) is 0 Å². The Morgan fingerprint density at radius 3 is 2.59 bits per heavy atom. The largest absolute Gasteiger partial charge is 0.351 e. The van der Waals surface area contributed by atoms with Crippen molar-refractivity contribution in [3.63, 3.8) is 0 Å². The molecule has 0 unspecified atom stereocenters. The van der Waals surface area contributed by atoms with Crippen molar-refractivity contribution in [3.05, 3.63) is 52.8 Å². The van der Waals surface area contributed by atoms with Crippen molar-refractivity contribution in [2.24, 2.45) is 12.0 Å². The molecule has 1 fully saturated rings. The maximum absolute atomic E-state index is 12.5. The molecule has 0 spiro atoms. The second-order valence-electron chi connectivity index (χ2n) is 6.21. The van der Waals surface area contributed by atoms with Crippen molar-refractivity contribution in [1.82, 2.24) is 24.9 Å². The third-order valence-corrected chi connectivity index (χ3v) is 4.72. The van der Waals surface area contributed by atoms with Gasteiger partial charge in [-0.1, -0.05) is 23.7 Å². The summed E-state index contributed by atoms with van der Waals surface area (Å²) in [6.07, 6.45) is 1.76. The van der Waals surface area contributed by atoms with Gasteiger partial charge >= 0.3 is 0 Å². The van der Waals surface area contributed by atoms with Crippen LogP contribution >= 0.6 is 35.6 Å². The first kappa shape index (κ1) is 21.5. The molecule has 1 amide bonds. The molecule has 2 aromatic rings. The van der Waals surface area contributed by atoms with Crippen molar-refractivity contribution in [2.45, 2.75) is 13.1 Å². The molecule has 0 saturated carbocycles. The smallest absolute Gasteiger partial charge is 0.242 e. The van der Waals surface area contributed by atoms with Gasteiger partial charge in [0.2, 0.25) is 5.91 Å². The molecule has 27 heavy (non-hydrogen) atoms. The van der Waals surface area contributed by atoms with E-state index in [4.69, 9.17) is 11.6 Å². The minimum absolute atomic E-state index is 0. The van der Waals surface area contributed by atoms with Crippen molar-refractivity contribution >= 4 is 47.4 Å². The number of guanidine groups is 1. The number of aryl methyl sites for hydroxylation is 1. The van der Waals surface area contributed by atoms with Crippen LogP contribution < -0.4 is 5.32 Å². The van der Waals surface area contributed by atoms with Gasteiger partial charge in [0.05, 0.1) is 18.8 Å². The SMILES string of the molecule is CN=C(NCc1ccnn1C)N1CCN(Cc2ccc(Cl)cc2)C(=O)C1.I. The minimum atomic E-state index is 0. The number of aliphatic imine (C=N–C) groups is 1. The van der Waals surface area contributed by atoms with Crippen molar-refractivity contribution < 1.29 is 4.79 Å². The molecule has 0 radical (unpaired) electrons. The molecule has 0 atom stereocenters. The van der Waals surface area contributed by atoms with Gasteiger partial charge in [0, 0.05) is 44.9 Å². The fourth-order valence-corrected chi connectivity index (χ4v) is 3.07. The lowest BCUT2D eigenvalue weighted by Crippen LogP contribution is -2.54. The van der Waals surface area contributed by atoms with Gasteiger partial charge in [0.1, 0.15) is 0 Å². The Morgan fingerprint density at radius 2 is 2.00 bits per heavy atom. The average molecular weight is 503 g/mol. The van der Waals surface area contributed by atoms with Crippen LogP contribution in [0.25, 0.3) is 0 Å². The third kappa shape index (κ3) is 5.58. The summed E-state index contributed by atoms with van der Waals surface area (Å²) in [5, 5.41) is 8.16. The summed E-state index contributed by atoms with van der Waals surface area (Å²) in [6.45, 7) is 2.93. The molecule has 0 aliphatic carbocycles. The number of carbonyl (C=O) groups is 1. The van der Waals surface area contributed by atoms with E-state index in [1.165, 1.54) is 0 Å². The van der Waals surface area contributed by atoms with Crippen molar-refractivity contribution in [2.75, 3.05) is 26.7 Å². The van der Waals surface area contributed by atoms with Gasteiger partial charge in [0.15, 0.2) is 5.96 Å². The van der Waals surface area contributed by atoms with Crippen LogP contribution in [0, 0.1) is 0 Å². The molecule has 1 aromatic carbocycles. The van der Waals surface area contributed by atoms with Gasteiger partial charge in [0.25, 0.3) is 0 Å². The predicted molar refractivity (Wildman–Crippen MR) is 117 cm³/mol. The van der Waals surface area contributed by atoms with E-state index in [2.05, 4.69) is 15.4 Å². The van der Waals surface area contributed by atoms with E-state index < -0.39 is 0 Å². The molecule has 2 heterocycles. The molecule has 1 aromatic heterocycles. The van der Waals surface area contributed by atoms with E-state index in [9.17, 15) is 4.79 Å². The fraction of sp³-hybridized carbons (Fsp3) is 0.389. The number of hydrogen-bond acceptors (Lipinski definition) is 3. The molecular formula is C18H24ClIN6O. The predicted octanol–water partition coefficient (Wildman–Crippen LogP) is 2.11. The first-order chi connectivity index (χ1) is 12.6. The number of nitrogens with zero attached hydrogens (tertiary/aromatic N) is 5. The Balaban J connectivity index is 0.00000261. The Morgan fingerprint density at radius 1 is 1.26 bits per heavy atom. The lowest BCUT2D eigenvalue weighted by Gasteiger charge is -2.36. The van der Waals surface area contributed by atoms with Crippen molar-refractivity contribution in [3.8, 4) is 0 Å². The van der Waals surface area contributed by atoms with E-state index in [1.54, 1.807) is 13.2 Å². The number of piperazine rings is 1. The Kier molecular flexibility index (Phi) is 7.91. The summed E-state index contributed by atoms with van der Waals surface area (Å²) in [5.74, 6) is 0.820. The molecule has 3 rings (SSSR count). The summed E-state index contributed by atoms with van der Waals surface area (Å²) in [6, 6.07) is 9.56. The lowest BCUT2D eigenvalue weighted by molar-refractivity contribution is -0.135. The van der Waals surface area contributed by atoms with Crippen LogP contribution in [0.5, 0.6) is 0 Å². The van der Waals surface area contributed by atoms with Crippen LogP contribution in [-0.4, -0.2) is 58.1 Å². The Hall–Kier alpha value is -1.81. The third-order valence-electron chi connectivity index (χ3n) is 4.47. The second kappa shape index (κ2) is 9.93. The molecule has 9 heteroatoms. The van der Waals surface area contributed by atoms with Crippen LogP contribution in [-0.2, 0) is 24.9 Å². The zero-order chi connectivity index (χ0) is 18.5. The minimum Gasteiger partial charge on any atom is -0.351 e. The number of rotatable bonds is 4. The second-order valence-corrected chi connectivity index (χ2v) is 6.65. The zero-order valence-corrected chi connectivity index (χ0v) is 18.5. The van der Waals surface area contributed by atoms with Crippen LogP contribution in [0.2, 0.25) is 5.02 Å². The van der Waals surface area contributed by atoms with E-state index in [0.717, 1.165) is 23.8 Å². The zero-order valence-electron chi connectivity index (χ0n) is 15.4. The highest BCUT2D eigenvalue weighted by molar-refractivity contribution is 14.0. The summed E-state index contributed by atoms with van der Waals surface area (Å²) < 4.78 is 1.81. The van der Waals surface area contributed by atoms with Crippen molar-refractivity contribution in [1.29, 1.82) is 0 Å². The maximum Gasteiger partial charge on any atom is 0.242 e. The molecule has 146 valence electrons. The van der Waals surface area contributed by atoms with Gasteiger partial charge in [-0.15, -0.1) is 24.0 Å². The number of aromatic nitrogens is 2. The molecule has 1 aliphatic rings. The molecule has 1 aliphatic heterocycles. The highest BCUT2D eigenvalue weighted by Gasteiger charge is 2.26. The topological polar surface area (TPSA) is 65.8 Å². The monoisotopic (exact) mass is 502 g/mol. The Labute approximate surface area is 181 Å². The van der Waals surface area contributed by atoms with Crippen LogP contribution in [0.4, 0.5) is 0 Å². The summed E-state index contributed by atoms with van der Waals surface area (Å²) in [7, 11) is 3.63. The highest BCUT2D eigenvalue weighted by Crippen LogP contribution is 2.13. The molecule has 1 saturated heterocycles. The summed E-state index contributed by atoms with van der Waals surface area (Å²) in [5.41, 5.74) is 2.13. The molecule has 7 nitrogen and oxygen atoms in total. The summed E-state index contributed by atoms with van der Waals surface area (Å²) >= 11 is 5.92. The standard InChI is InChI=1S/C18H23ClN6O.HI/c1-20-18(21-11-16-7-8-22-23(16)2)25-10-9-24(17(26)13-25)12-14-3-5-15(19)6-4-14;/h3-8H,9-13H2,1-2H3,(H,20,21);1H. The van der Waals surface area contributed by atoms with Gasteiger partial charge in [-0.3, -0.25) is 14.5 Å². The van der Waals surface area contributed by atoms with Gasteiger partial charge in [-0.05, 0) is 23.8 Å². The van der Waals surface area contributed by atoms with Gasteiger partial charge < -0.3 is 15.1 Å². The van der Waals surface area contributed by atoms with E-state index in [0.29, 0.717) is 31.2 Å². The van der Waals surface area contributed by atoms with Gasteiger partial charge in [-0.2, -0.15) is 5.10 Å². The first-order valence-electron chi connectivity index (χ1n) is 8.51. The number of benzene rings is 1. The first-order valence-corrected chi connectivity index (χ1v) is 8.89. The van der Waals surface area contributed by atoms with Crippen LogP contribution in [0.15, 0.2) is 41.5 Å². The molecule has 0 bridgehead atoms. The number of carbonyl (C=O) groups excluding carboxylic acids is 1. The highest BCUT2D eigenvalue weighted by atomic mass is 127. The van der Waals surface area contributed by atoms with Gasteiger partial charge in [-0.25, -0.2) is 0 Å². The van der Waals surface area contributed by atoms with E-state index in [-0.39, 0.29) is 29.9 Å². The molecule has 1 N–H and O–H groups in total. The quantitative estimate of drug-likeness (QED) is 0.395. The fourth-order valence-electron chi connectivity index (χ4n) is 2.94. The Bertz CT molecular complexity index is 791. The number of nitrogens with one attached hydrogen (secondary N) is 1. The maximum atomic E-state index is 12.5. The van der Waals surface area contributed by atoms with E-state index in [1.807, 2.05) is 51.9 Å². The average Bonchev–Trinajstić information content (AvgIpc) is 3.04. The van der Waals surface area contributed by atoms with E-state index >= 15 is 0 Å². The number of halogens is 2. The number of hydrogen-bond donors (Lipinski definition) is 1. The lowest BCUT2D eigenvalue weighted by atomic mass is 10.2. The van der Waals surface area contributed by atoms with Crippen LogP contribution in [0.1, 0.15) is 11.3 Å². The summed E-state index contributed by atoms with van der Waals surface area (Å²) in [4.78, 5) is 20.7. The normalized spacial score (nSPS) is 14.9.